The molecule has 0 saturated heterocycles. The van der Waals surface area contributed by atoms with Crippen LogP contribution in [0.3, 0.4) is 0 Å². The monoisotopic (exact) mass is 358 g/mol. The molecule has 3 rings (SSSR count). The van der Waals surface area contributed by atoms with Gasteiger partial charge in [0, 0.05) is 12.3 Å². The van der Waals surface area contributed by atoms with Gasteiger partial charge in [0.05, 0.1) is 11.7 Å². The van der Waals surface area contributed by atoms with Gasteiger partial charge in [-0.1, -0.05) is 25.0 Å². The van der Waals surface area contributed by atoms with Crippen molar-refractivity contribution in [3.8, 4) is 11.6 Å². The van der Waals surface area contributed by atoms with Gasteiger partial charge in [0.15, 0.2) is 4.77 Å². The van der Waals surface area contributed by atoms with E-state index in [0.29, 0.717) is 5.69 Å². The Labute approximate surface area is 151 Å². The normalized spacial score (nSPS) is 20.9. The lowest BCUT2D eigenvalue weighted by atomic mass is 9.91. The van der Waals surface area contributed by atoms with E-state index in [-0.39, 0.29) is 28.3 Å². The van der Waals surface area contributed by atoms with Gasteiger partial charge in [-0.05, 0) is 49.7 Å². The molecule has 0 bridgehead atoms. The molecule has 0 amide bonds. The van der Waals surface area contributed by atoms with E-state index in [2.05, 4.69) is 9.98 Å². The van der Waals surface area contributed by atoms with E-state index in [1.54, 1.807) is 0 Å². The molecular weight excluding hydrogens is 336 g/mol. The fourth-order valence-corrected chi connectivity index (χ4v) is 3.44. The lowest BCUT2D eigenvalue weighted by Crippen LogP contribution is -2.36. The van der Waals surface area contributed by atoms with E-state index in [1.807, 2.05) is 31.2 Å². The molecule has 2 aromatic rings. The van der Waals surface area contributed by atoms with Crippen molar-refractivity contribution in [2.45, 2.75) is 44.7 Å². The molecule has 4 N–H and O–H groups in total. The molecule has 0 radical (unpaired) electrons. The van der Waals surface area contributed by atoms with Crippen LogP contribution in [0.15, 0.2) is 34.1 Å². The lowest BCUT2D eigenvalue weighted by molar-refractivity contribution is 0.387. The van der Waals surface area contributed by atoms with Crippen molar-refractivity contribution in [2.24, 2.45) is 10.7 Å². The Morgan fingerprint density at radius 1 is 1.40 bits per heavy atom. The molecule has 0 spiro atoms. The number of aryl methyl sites for hydroxylation is 1. The second-order valence-corrected chi connectivity index (χ2v) is 6.85. The zero-order valence-electron chi connectivity index (χ0n) is 14.1. The van der Waals surface area contributed by atoms with Crippen molar-refractivity contribution in [1.82, 2.24) is 9.55 Å². The molecule has 1 heterocycles. The third kappa shape index (κ3) is 3.72. The number of rotatable bonds is 3. The molecule has 1 aromatic heterocycles. The van der Waals surface area contributed by atoms with Crippen molar-refractivity contribution in [3.05, 3.63) is 50.5 Å². The summed E-state index contributed by atoms with van der Waals surface area (Å²) >= 11 is 5.22. The maximum absolute atomic E-state index is 12.2. The number of nitrogens with two attached hydrogens (primary N) is 1. The first-order valence-electron chi connectivity index (χ1n) is 8.41. The maximum atomic E-state index is 12.2. The molecule has 2 atom stereocenters. The van der Waals surface area contributed by atoms with Crippen molar-refractivity contribution >= 4 is 18.4 Å². The van der Waals surface area contributed by atoms with Gasteiger partial charge in [-0.25, -0.2) is 0 Å². The fraction of sp³-hybridized carbons (Fsp3) is 0.389. The first-order chi connectivity index (χ1) is 12.0. The van der Waals surface area contributed by atoms with Gasteiger partial charge in [0.25, 0.3) is 5.56 Å². The molecule has 6 nitrogen and oxygen atoms in total. The SMILES string of the molecule is Cc1cccc(-n2c(O)c(C=NC3CCCCC3N)c(=O)[nH]c2=S)c1. The van der Waals surface area contributed by atoms with Gasteiger partial charge in [0.1, 0.15) is 5.56 Å². The molecule has 1 aromatic carbocycles. The minimum Gasteiger partial charge on any atom is -0.494 e. The summed E-state index contributed by atoms with van der Waals surface area (Å²) in [5.74, 6) is -0.215. The first-order valence-corrected chi connectivity index (χ1v) is 8.82. The van der Waals surface area contributed by atoms with Crippen molar-refractivity contribution in [1.29, 1.82) is 0 Å². The predicted molar refractivity (Wildman–Crippen MR) is 101 cm³/mol. The average Bonchev–Trinajstić information content (AvgIpc) is 2.56. The summed E-state index contributed by atoms with van der Waals surface area (Å²) in [5.41, 5.74) is 7.43. The molecular formula is C18H22N4O2S. The van der Waals surface area contributed by atoms with Crippen LogP contribution in [0.1, 0.15) is 36.8 Å². The van der Waals surface area contributed by atoms with E-state index in [4.69, 9.17) is 18.0 Å². The van der Waals surface area contributed by atoms with E-state index in [9.17, 15) is 9.90 Å². The van der Waals surface area contributed by atoms with Crippen molar-refractivity contribution in [3.63, 3.8) is 0 Å². The Bertz CT molecular complexity index is 916. The van der Waals surface area contributed by atoms with Gasteiger partial charge >= 0.3 is 0 Å². The lowest BCUT2D eigenvalue weighted by Gasteiger charge is -2.25. The Morgan fingerprint density at radius 3 is 2.88 bits per heavy atom. The summed E-state index contributed by atoms with van der Waals surface area (Å²) in [6.45, 7) is 1.95. The number of hydrogen-bond acceptors (Lipinski definition) is 5. The Kier molecular flexibility index (Phi) is 5.15. The van der Waals surface area contributed by atoms with Gasteiger partial charge in [0.2, 0.25) is 5.88 Å². The van der Waals surface area contributed by atoms with Crippen LogP contribution in [0.4, 0.5) is 0 Å². The summed E-state index contributed by atoms with van der Waals surface area (Å²) in [6.07, 6.45) is 5.43. The summed E-state index contributed by atoms with van der Waals surface area (Å²) in [5, 5.41) is 10.6. The second-order valence-electron chi connectivity index (χ2n) is 6.46. The van der Waals surface area contributed by atoms with Gasteiger partial charge in [-0.3, -0.25) is 19.3 Å². The third-order valence-electron chi connectivity index (χ3n) is 4.56. The van der Waals surface area contributed by atoms with Gasteiger partial charge in [-0.15, -0.1) is 0 Å². The molecule has 1 aliphatic rings. The molecule has 1 fully saturated rings. The number of aromatic amines is 1. The Balaban J connectivity index is 2.04. The molecule has 1 aliphatic carbocycles. The Morgan fingerprint density at radius 2 is 2.16 bits per heavy atom. The van der Waals surface area contributed by atoms with Crippen molar-refractivity contribution < 1.29 is 5.11 Å². The van der Waals surface area contributed by atoms with Gasteiger partial charge in [-0.2, -0.15) is 0 Å². The van der Waals surface area contributed by atoms with Crippen molar-refractivity contribution in [2.75, 3.05) is 0 Å². The van der Waals surface area contributed by atoms with Crippen LogP contribution in [0, 0.1) is 11.7 Å². The average molecular weight is 358 g/mol. The smallest absolute Gasteiger partial charge is 0.264 e. The highest BCUT2D eigenvalue weighted by Crippen LogP contribution is 2.22. The van der Waals surface area contributed by atoms with E-state index >= 15 is 0 Å². The van der Waals surface area contributed by atoms with E-state index in [0.717, 1.165) is 31.2 Å². The third-order valence-corrected chi connectivity index (χ3v) is 4.84. The second kappa shape index (κ2) is 7.33. The Hall–Kier alpha value is -2.25. The number of nitrogens with one attached hydrogen (secondary N) is 1. The zero-order chi connectivity index (χ0) is 18.0. The first kappa shape index (κ1) is 17.6. The number of aliphatic imine (C=N–C) groups is 1. The maximum Gasteiger partial charge on any atom is 0.264 e. The predicted octanol–water partition coefficient (Wildman–Crippen LogP) is 2.60. The summed E-state index contributed by atoms with van der Waals surface area (Å²) < 4.78 is 1.57. The van der Waals surface area contributed by atoms with Crippen LogP contribution in [0.5, 0.6) is 5.88 Å². The standard InChI is InChI=1S/C18H22N4O2S/c1-11-5-4-6-12(9-11)22-17(24)13(16(23)21-18(22)25)10-20-15-8-3-2-7-14(15)19/h4-6,9-10,14-15,24H,2-3,7-8,19H2,1H3,(H,21,23,25). The van der Waals surface area contributed by atoms with Crippen LogP contribution in [0.2, 0.25) is 0 Å². The van der Waals surface area contributed by atoms with Crippen LogP contribution in [0.25, 0.3) is 5.69 Å². The van der Waals surface area contributed by atoms with Crippen LogP contribution < -0.4 is 11.3 Å². The number of benzene rings is 1. The minimum absolute atomic E-state index is 0.00616. The zero-order valence-corrected chi connectivity index (χ0v) is 14.9. The summed E-state index contributed by atoms with van der Waals surface area (Å²) in [7, 11) is 0. The van der Waals surface area contributed by atoms with Gasteiger partial charge < -0.3 is 10.8 Å². The van der Waals surface area contributed by atoms with Crippen LogP contribution in [-0.4, -0.2) is 33.0 Å². The minimum atomic E-state index is -0.459. The molecule has 25 heavy (non-hydrogen) atoms. The van der Waals surface area contributed by atoms with Crippen LogP contribution in [-0.2, 0) is 0 Å². The topological polar surface area (TPSA) is 96.4 Å². The number of nitrogens with zero attached hydrogens (tertiary/aromatic N) is 2. The highest BCUT2D eigenvalue weighted by atomic mass is 32.1. The molecule has 7 heteroatoms. The number of aromatic hydroxyl groups is 1. The van der Waals surface area contributed by atoms with E-state index in [1.165, 1.54) is 10.8 Å². The fourth-order valence-electron chi connectivity index (χ4n) is 3.16. The van der Waals surface area contributed by atoms with Crippen LogP contribution >= 0.6 is 12.2 Å². The highest BCUT2D eigenvalue weighted by molar-refractivity contribution is 7.71. The summed E-state index contributed by atoms with van der Waals surface area (Å²) in [6, 6.07) is 7.48. The summed E-state index contributed by atoms with van der Waals surface area (Å²) in [4.78, 5) is 19.3. The quantitative estimate of drug-likeness (QED) is 0.580. The molecule has 2 unspecified atom stereocenters. The largest absolute Gasteiger partial charge is 0.494 e. The number of aromatic nitrogens is 2. The van der Waals surface area contributed by atoms with E-state index < -0.39 is 5.56 Å². The number of hydrogen-bond donors (Lipinski definition) is 3. The molecule has 1 saturated carbocycles. The highest BCUT2D eigenvalue weighted by Gasteiger charge is 2.21. The molecule has 132 valence electrons. The number of H-pyrrole nitrogens is 1. The molecule has 0 aliphatic heterocycles.